The molecule has 12 heavy (non-hydrogen) atoms. The molecular weight excluding hydrogens is 162 g/mol. The summed E-state index contributed by atoms with van der Waals surface area (Å²) in [6.07, 6.45) is 0. The molecule has 0 aromatic heterocycles. The molecule has 1 aliphatic rings. The Bertz CT molecular complexity index is 211. The molecule has 5 heteroatoms. The molecule has 0 amide bonds. The minimum absolute atomic E-state index is 0.117. The molecule has 0 aliphatic heterocycles. The molecule has 0 saturated heterocycles. The van der Waals surface area contributed by atoms with Crippen molar-refractivity contribution in [1.29, 1.82) is 0 Å². The summed E-state index contributed by atoms with van der Waals surface area (Å²) in [6.45, 7) is 1.70. The SMILES string of the molecule is C[C@@H]1[C@H](C(=O)O)[C@H]1[C@H](N)C(=O)O. The second kappa shape index (κ2) is 2.75. The molecule has 0 unspecified atom stereocenters. The summed E-state index contributed by atoms with van der Waals surface area (Å²) in [5.74, 6) is -3.18. The van der Waals surface area contributed by atoms with E-state index in [2.05, 4.69) is 0 Å². The molecule has 4 N–H and O–H groups in total. The van der Waals surface area contributed by atoms with Gasteiger partial charge in [0.25, 0.3) is 0 Å². The van der Waals surface area contributed by atoms with Crippen LogP contribution in [0.5, 0.6) is 0 Å². The topological polar surface area (TPSA) is 101 Å². The molecule has 1 aliphatic carbocycles. The molecule has 0 aromatic rings. The Hall–Kier alpha value is -1.10. The van der Waals surface area contributed by atoms with Crippen LogP contribution in [-0.2, 0) is 9.59 Å². The van der Waals surface area contributed by atoms with Gasteiger partial charge in [-0.2, -0.15) is 0 Å². The molecular formula is C7H11NO4. The molecule has 1 saturated carbocycles. The van der Waals surface area contributed by atoms with E-state index in [0.717, 1.165) is 0 Å². The van der Waals surface area contributed by atoms with E-state index in [0.29, 0.717) is 0 Å². The number of nitrogens with two attached hydrogens (primary N) is 1. The normalized spacial score (nSPS) is 35.7. The summed E-state index contributed by atoms with van der Waals surface area (Å²) < 4.78 is 0. The number of hydrogen-bond acceptors (Lipinski definition) is 3. The quantitative estimate of drug-likeness (QED) is 0.527. The number of carbonyl (C=O) groups is 2. The summed E-state index contributed by atoms with van der Waals surface area (Å²) in [7, 11) is 0. The Kier molecular flexibility index (Phi) is 2.06. The van der Waals surface area contributed by atoms with Gasteiger partial charge in [0.15, 0.2) is 0 Å². The van der Waals surface area contributed by atoms with Crippen LogP contribution in [0.1, 0.15) is 6.92 Å². The largest absolute Gasteiger partial charge is 0.481 e. The fourth-order valence-corrected chi connectivity index (χ4v) is 1.60. The van der Waals surface area contributed by atoms with Crippen molar-refractivity contribution < 1.29 is 19.8 Å². The van der Waals surface area contributed by atoms with Gasteiger partial charge in [0.2, 0.25) is 0 Å². The van der Waals surface area contributed by atoms with Crippen LogP contribution in [0, 0.1) is 17.8 Å². The maximum atomic E-state index is 10.5. The average molecular weight is 173 g/mol. The lowest BCUT2D eigenvalue weighted by molar-refractivity contribution is -0.140. The Morgan fingerprint density at radius 2 is 1.92 bits per heavy atom. The molecule has 0 heterocycles. The fraction of sp³-hybridized carbons (Fsp3) is 0.714. The zero-order valence-corrected chi connectivity index (χ0v) is 6.60. The van der Waals surface area contributed by atoms with Crippen molar-refractivity contribution in [3.05, 3.63) is 0 Å². The summed E-state index contributed by atoms with van der Waals surface area (Å²) in [6, 6.07) is -1.04. The van der Waals surface area contributed by atoms with E-state index in [1.165, 1.54) is 0 Å². The maximum absolute atomic E-state index is 10.5. The Balaban J connectivity index is 2.58. The number of rotatable bonds is 3. The lowest BCUT2D eigenvalue weighted by Crippen LogP contribution is -2.33. The van der Waals surface area contributed by atoms with Gasteiger partial charge in [-0.05, 0) is 5.92 Å². The first-order valence-corrected chi connectivity index (χ1v) is 3.68. The van der Waals surface area contributed by atoms with Crippen molar-refractivity contribution in [2.75, 3.05) is 0 Å². The summed E-state index contributed by atoms with van der Waals surface area (Å²) in [5.41, 5.74) is 5.28. The van der Waals surface area contributed by atoms with E-state index in [9.17, 15) is 9.59 Å². The summed E-state index contributed by atoms with van der Waals surface area (Å²) in [5, 5.41) is 17.1. The van der Waals surface area contributed by atoms with Gasteiger partial charge in [0.05, 0.1) is 5.92 Å². The van der Waals surface area contributed by atoms with Gasteiger partial charge in [-0.1, -0.05) is 6.92 Å². The third kappa shape index (κ3) is 1.27. The predicted octanol–water partition coefficient (Wildman–Crippen LogP) is -0.635. The Morgan fingerprint density at radius 3 is 2.17 bits per heavy atom. The molecule has 1 fully saturated rings. The Morgan fingerprint density at radius 1 is 1.42 bits per heavy atom. The fourth-order valence-electron chi connectivity index (χ4n) is 1.60. The first kappa shape index (κ1) is 8.99. The lowest BCUT2D eigenvalue weighted by Gasteiger charge is -2.02. The monoisotopic (exact) mass is 173 g/mol. The van der Waals surface area contributed by atoms with Crippen molar-refractivity contribution in [2.45, 2.75) is 13.0 Å². The van der Waals surface area contributed by atoms with Crippen molar-refractivity contribution in [2.24, 2.45) is 23.5 Å². The minimum atomic E-state index is -1.13. The molecule has 0 radical (unpaired) electrons. The van der Waals surface area contributed by atoms with Crippen molar-refractivity contribution in [3.63, 3.8) is 0 Å². The summed E-state index contributed by atoms with van der Waals surface area (Å²) >= 11 is 0. The van der Waals surface area contributed by atoms with Gasteiger partial charge >= 0.3 is 11.9 Å². The van der Waals surface area contributed by atoms with Crippen LogP contribution in [0.15, 0.2) is 0 Å². The molecule has 0 bridgehead atoms. The third-order valence-electron chi connectivity index (χ3n) is 2.43. The second-order valence-electron chi connectivity index (χ2n) is 3.16. The average Bonchev–Trinajstić information content (AvgIpc) is 2.59. The van der Waals surface area contributed by atoms with Crippen molar-refractivity contribution >= 4 is 11.9 Å². The molecule has 0 aromatic carbocycles. The van der Waals surface area contributed by atoms with Crippen LogP contribution in [0.3, 0.4) is 0 Å². The molecule has 68 valence electrons. The number of carboxylic acid groups (broad SMARTS) is 2. The highest BCUT2D eigenvalue weighted by atomic mass is 16.4. The summed E-state index contributed by atoms with van der Waals surface area (Å²) in [4.78, 5) is 20.8. The van der Waals surface area contributed by atoms with Gasteiger partial charge in [-0.25, -0.2) is 0 Å². The zero-order valence-electron chi connectivity index (χ0n) is 6.60. The molecule has 5 nitrogen and oxygen atoms in total. The van der Waals surface area contributed by atoms with E-state index < -0.39 is 29.8 Å². The van der Waals surface area contributed by atoms with Crippen LogP contribution in [0.25, 0.3) is 0 Å². The first-order valence-electron chi connectivity index (χ1n) is 3.68. The van der Waals surface area contributed by atoms with Gasteiger partial charge < -0.3 is 15.9 Å². The van der Waals surface area contributed by atoms with Gasteiger partial charge in [-0.15, -0.1) is 0 Å². The number of carboxylic acids is 2. The zero-order chi connectivity index (χ0) is 9.46. The third-order valence-corrected chi connectivity index (χ3v) is 2.43. The van der Waals surface area contributed by atoms with E-state index >= 15 is 0 Å². The predicted molar refractivity (Wildman–Crippen MR) is 39.4 cm³/mol. The highest BCUT2D eigenvalue weighted by Gasteiger charge is 2.56. The van der Waals surface area contributed by atoms with Crippen molar-refractivity contribution in [3.8, 4) is 0 Å². The number of hydrogen-bond donors (Lipinski definition) is 3. The van der Waals surface area contributed by atoms with Gasteiger partial charge in [-0.3, -0.25) is 9.59 Å². The lowest BCUT2D eigenvalue weighted by atomic mass is 10.1. The highest BCUT2D eigenvalue weighted by molar-refractivity contribution is 5.80. The standard InChI is InChI=1S/C7H11NO4/c1-2-3(4(2)6(9)10)5(8)7(11)12/h2-5H,8H2,1H3,(H,9,10)(H,11,12)/t2-,3-,4-,5-/m0/s1. The van der Waals surface area contributed by atoms with Crippen LogP contribution in [-0.4, -0.2) is 28.2 Å². The molecule has 1 rings (SSSR count). The van der Waals surface area contributed by atoms with Crippen LogP contribution in [0.4, 0.5) is 0 Å². The van der Waals surface area contributed by atoms with Crippen molar-refractivity contribution in [1.82, 2.24) is 0 Å². The van der Waals surface area contributed by atoms with E-state index in [1.54, 1.807) is 6.92 Å². The van der Waals surface area contributed by atoms with Crippen LogP contribution < -0.4 is 5.73 Å². The first-order chi connectivity index (χ1) is 5.46. The number of aliphatic carboxylic acids is 2. The van der Waals surface area contributed by atoms with E-state index in [4.69, 9.17) is 15.9 Å². The minimum Gasteiger partial charge on any atom is -0.481 e. The Labute approximate surface area is 69.2 Å². The second-order valence-corrected chi connectivity index (χ2v) is 3.16. The highest BCUT2D eigenvalue weighted by Crippen LogP contribution is 2.47. The maximum Gasteiger partial charge on any atom is 0.320 e. The van der Waals surface area contributed by atoms with Crippen LogP contribution in [0.2, 0.25) is 0 Å². The molecule has 0 spiro atoms. The van der Waals surface area contributed by atoms with E-state index in [1.807, 2.05) is 0 Å². The molecule has 4 atom stereocenters. The smallest absolute Gasteiger partial charge is 0.320 e. The van der Waals surface area contributed by atoms with Gasteiger partial charge in [0.1, 0.15) is 6.04 Å². The van der Waals surface area contributed by atoms with E-state index in [-0.39, 0.29) is 5.92 Å². The van der Waals surface area contributed by atoms with Gasteiger partial charge in [0, 0.05) is 5.92 Å². The van der Waals surface area contributed by atoms with Crippen LogP contribution >= 0.6 is 0 Å².